The van der Waals surface area contributed by atoms with Gasteiger partial charge in [-0.05, 0) is 17.7 Å². The normalized spacial score (nSPS) is 14.3. The summed E-state index contributed by atoms with van der Waals surface area (Å²) in [6, 6.07) is 17.2. The Hall–Kier alpha value is -2.33. The predicted molar refractivity (Wildman–Crippen MR) is 79.1 cm³/mol. The number of hydrogen-bond acceptors (Lipinski definition) is 3. The zero-order chi connectivity index (χ0) is 14.5. The number of ether oxygens (including phenoxy) is 2. The molecule has 1 amide bonds. The summed E-state index contributed by atoms with van der Waals surface area (Å²) in [5, 5.41) is 0. The smallest absolute Gasteiger partial charge is 0.259 e. The van der Waals surface area contributed by atoms with Crippen LogP contribution in [0.5, 0.6) is 5.75 Å². The number of fused-ring (bicyclic) bond motifs is 1. The van der Waals surface area contributed by atoms with Crippen LogP contribution in [0.3, 0.4) is 0 Å². The summed E-state index contributed by atoms with van der Waals surface area (Å²) in [7, 11) is 0. The van der Waals surface area contributed by atoms with Gasteiger partial charge in [0.2, 0.25) is 0 Å². The van der Waals surface area contributed by atoms with Gasteiger partial charge in [-0.1, -0.05) is 42.5 Å². The number of para-hydroxylation sites is 1. The largest absolute Gasteiger partial charge is 0.491 e. The molecule has 2 aromatic rings. The van der Waals surface area contributed by atoms with Crippen LogP contribution in [0.25, 0.3) is 0 Å². The molecule has 0 aromatic heterocycles. The van der Waals surface area contributed by atoms with E-state index in [1.807, 2.05) is 48.5 Å². The molecule has 0 radical (unpaired) electrons. The number of carbonyl (C=O) groups is 1. The van der Waals surface area contributed by atoms with E-state index in [4.69, 9.17) is 9.47 Å². The van der Waals surface area contributed by atoms with Gasteiger partial charge in [0, 0.05) is 0 Å². The zero-order valence-corrected chi connectivity index (χ0v) is 11.7. The van der Waals surface area contributed by atoms with E-state index < -0.39 is 0 Å². The molecule has 4 nitrogen and oxygen atoms in total. The van der Waals surface area contributed by atoms with Crippen LogP contribution in [0.15, 0.2) is 54.6 Å². The van der Waals surface area contributed by atoms with Crippen molar-refractivity contribution in [3.63, 3.8) is 0 Å². The molecule has 21 heavy (non-hydrogen) atoms. The first-order valence-corrected chi connectivity index (χ1v) is 6.97. The maximum absolute atomic E-state index is 12.4. The van der Waals surface area contributed by atoms with Crippen LogP contribution in [0.2, 0.25) is 0 Å². The Morgan fingerprint density at radius 2 is 1.81 bits per heavy atom. The molecule has 0 fully saturated rings. The maximum atomic E-state index is 12.4. The number of rotatable bonds is 4. The average molecular weight is 283 g/mol. The highest BCUT2D eigenvalue weighted by molar-refractivity contribution is 5.97. The molecular formula is C17H17NO3. The van der Waals surface area contributed by atoms with E-state index in [2.05, 4.69) is 0 Å². The number of benzene rings is 2. The number of carbonyl (C=O) groups excluding carboxylic acids is 1. The van der Waals surface area contributed by atoms with Crippen molar-refractivity contribution in [2.75, 3.05) is 19.9 Å². The van der Waals surface area contributed by atoms with Crippen LogP contribution >= 0.6 is 0 Å². The Morgan fingerprint density at radius 1 is 1.05 bits per heavy atom. The van der Waals surface area contributed by atoms with Crippen LogP contribution < -0.4 is 4.74 Å². The summed E-state index contributed by atoms with van der Waals surface area (Å²) in [4.78, 5) is 14.1. The molecule has 0 bridgehead atoms. The molecule has 0 saturated heterocycles. The first-order valence-electron chi connectivity index (χ1n) is 6.97. The molecule has 3 rings (SSSR count). The van der Waals surface area contributed by atoms with Crippen molar-refractivity contribution in [1.82, 2.24) is 4.90 Å². The van der Waals surface area contributed by atoms with Gasteiger partial charge in [-0.3, -0.25) is 4.79 Å². The lowest BCUT2D eigenvalue weighted by molar-refractivity contribution is 0.0160. The van der Waals surface area contributed by atoms with Crippen LogP contribution in [0.1, 0.15) is 15.9 Å². The molecule has 2 aromatic carbocycles. The van der Waals surface area contributed by atoms with Gasteiger partial charge in [-0.15, -0.1) is 0 Å². The SMILES string of the molecule is O=C1c2ccccc2OCCN1COCc1ccccc1. The Balaban J connectivity index is 1.62. The minimum Gasteiger partial charge on any atom is -0.491 e. The molecule has 1 aliphatic rings. The van der Waals surface area contributed by atoms with Gasteiger partial charge in [0.1, 0.15) is 19.1 Å². The monoisotopic (exact) mass is 283 g/mol. The molecule has 0 atom stereocenters. The Bertz CT molecular complexity index is 612. The molecule has 1 aliphatic heterocycles. The second kappa shape index (κ2) is 6.41. The lowest BCUT2D eigenvalue weighted by Gasteiger charge is -2.19. The highest BCUT2D eigenvalue weighted by atomic mass is 16.5. The zero-order valence-electron chi connectivity index (χ0n) is 11.7. The van der Waals surface area contributed by atoms with Crippen LogP contribution in [-0.2, 0) is 11.3 Å². The second-order valence-electron chi connectivity index (χ2n) is 4.88. The highest BCUT2D eigenvalue weighted by Gasteiger charge is 2.22. The van der Waals surface area contributed by atoms with E-state index in [0.717, 1.165) is 5.56 Å². The third kappa shape index (κ3) is 3.23. The molecule has 0 N–H and O–H groups in total. The average Bonchev–Trinajstić information content (AvgIpc) is 2.69. The van der Waals surface area contributed by atoms with E-state index in [1.54, 1.807) is 11.0 Å². The third-order valence-corrected chi connectivity index (χ3v) is 3.38. The minimum absolute atomic E-state index is 0.0452. The summed E-state index contributed by atoms with van der Waals surface area (Å²) in [6.07, 6.45) is 0. The molecule has 4 heteroatoms. The van der Waals surface area contributed by atoms with Gasteiger partial charge in [-0.25, -0.2) is 0 Å². The molecular weight excluding hydrogens is 266 g/mol. The Labute approximate surface area is 123 Å². The van der Waals surface area contributed by atoms with Crippen molar-refractivity contribution >= 4 is 5.91 Å². The van der Waals surface area contributed by atoms with Crippen LogP contribution in [0.4, 0.5) is 0 Å². The van der Waals surface area contributed by atoms with E-state index in [-0.39, 0.29) is 12.6 Å². The molecule has 1 heterocycles. The summed E-state index contributed by atoms with van der Waals surface area (Å²) in [5.74, 6) is 0.601. The van der Waals surface area contributed by atoms with Crippen molar-refractivity contribution in [3.8, 4) is 5.75 Å². The van der Waals surface area contributed by atoms with Gasteiger partial charge < -0.3 is 14.4 Å². The predicted octanol–water partition coefficient (Wildman–Crippen LogP) is 2.70. The van der Waals surface area contributed by atoms with E-state index in [0.29, 0.717) is 31.1 Å². The standard InChI is InChI=1S/C17H17NO3/c19-17-15-8-4-5-9-16(15)21-11-10-18(17)13-20-12-14-6-2-1-3-7-14/h1-9H,10-13H2. The second-order valence-corrected chi connectivity index (χ2v) is 4.88. The number of nitrogens with zero attached hydrogens (tertiary/aromatic N) is 1. The topological polar surface area (TPSA) is 38.8 Å². The van der Waals surface area contributed by atoms with Crippen molar-refractivity contribution < 1.29 is 14.3 Å². The number of amides is 1. The summed E-state index contributed by atoms with van der Waals surface area (Å²) >= 11 is 0. The van der Waals surface area contributed by atoms with E-state index >= 15 is 0 Å². The summed E-state index contributed by atoms with van der Waals surface area (Å²) in [5.41, 5.74) is 1.69. The van der Waals surface area contributed by atoms with E-state index in [1.165, 1.54) is 0 Å². The van der Waals surface area contributed by atoms with Crippen molar-refractivity contribution in [2.24, 2.45) is 0 Å². The molecule has 0 aliphatic carbocycles. The summed E-state index contributed by atoms with van der Waals surface area (Å²) in [6.45, 7) is 1.78. The molecule has 0 unspecified atom stereocenters. The lowest BCUT2D eigenvalue weighted by Crippen LogP contribution is -2.34. The Morgan fingerprint density at radius 3 is 2.67 bits per heavy atom. The first kappa shape index (κ1) is 13.6. The van der Waals surface area contributed by atoms with Gasteiger partial charge >= 0.3 is 0 Å². The van der Waals surface area contributed by atoms with Gasteiger partial charge in [0.15, 0.2) is 0 Å². The fraction of sp³-hybridized carbons (Fsp3) is 0.235. The maximum Gasteiger partial charge on any atom is 0.259 e. The van der Waals surface area contributed by atoms with Crippen LogP contribution in [-0.4, -0.2) is 30.7 Å². The van der Waals surface area contributed by atoms with Crippen LogP contribution in [0, 0.1) is 0 Å². The van der Waals surface area contributed by atoms with Gasteiger partial charge in [-0.2, -0.15) is 0 Å². The quantitative estimate of drug-likeness (QED) is 0.866. The van der Waals surface area contributed by atoms with Crippen molar-refractivity contribution in [1.29, 1.82) is 0 Å². The fourth-order valence-electron chi connectivity index (χ4n) is 2.28. The lowest BCUT2D eigenvalue weighted by atomic mass is 10.2. The first-order chi connectivity index (χ1) is 10.3. The molecule has 0 saturated carbocycles. The van der Waals surface area contributed by atoms with Crippen molar-refractivity contribution in [3.05, 3.63) is 65.7 Å². The number of hydrogen-bond donors (Lipinski definition) is 0. The molecule has 0 spiro atoms. The Kier molecular flexibility index (Phi) is 4.17. The minimum atomic E-state index is -0.0452. The summed E-state index contributed by atoms with van der Waals surface area (Å²) < 4.78 is 11.2. The van der Waals surface area contributed by atoms with E-state index in [9.17, 15) is 4.79 Å². The third-order valence-electron chi connectivity index (χ3n) is 3.38. The highest BCUT2D eigenvalue weighted by Crippen LogP contribution is 2.22. The fourth-order valence-corrected chi connectivity index (χ4v) is 2.28. The van der Waals surface area contributed by atoms with Crippen molar-refractivity contribution in [2.45, 2.75) is 6.61 Å². The van der Waals surface area contributed by atoms with Gasteiger partial charge in [0.25, 0.3) is 5.91 Å². The van der Waals surface area contributed by atoms with Gasteiger partial charge in [0.05, 0.1) is 18.7 Å². The molecule has 108 valence electrons.